The Labute approximate surface area is 274 Å². The molecule has 5 aromatic rings. The second-order valence-corrected chi connectivity index (χ2v) is 13.9. The topological polar surface area (TPSA) is 77.4 Å². The van der Waals surface area contributed by atoms with Crippen LogP contribution in [0.15, 0.2) is 152 Å². The summed E-state index contributed by atoms with van der Waals surface area (Å²) in [4.78, 5) is 0. The molecule has 1 fully saturated rings. The van der Waals surface area contributed by atoms with Crippen molar-refractivity contribution in [2.24, 2.45) is 0 Å². The molecule has 8 heteroatoms. The molecule has 1 aliphatic rings. The Balaban J connectivity index is 0.00000204. The fourth-order valence-electron chi connectivity index (χ4n) is 5.04. The van der Waals surface area contributed by atoms with Crippen molar-refractivity contribution in [3.8, 4) is 5.75 Å². The minimum Gasteiger partial charge on any atom is -0.462 e. The Hall–Kier alpha value is -3.44. The number of hydrogen-bond acceptors (Lipinski definition) is 6. The number of ether oxygens (including phenoxy) is 2. The largest absolute Gasteiger partial charge is 0.462 e. The summed E-state index contributed by atoms with van der Waals surface area (Å²) in [6.07, 6.45) is -4.89. The van der Waals surface area contributed by atoms with Crippen molar-refractivity contribution in [2.75, 3.05) is 6.61 Å². The Bertz CT molecular complexity index is 1470. The zero-order chi connectivity index (χ0) is 32.1. The molecule has 0 spiro atoms. The van der Waals surface area contributed by atoms with Crippen LogP contribution in [-0.2, 0) is 13.8 Å². The second-order valence-electron chi connectivity index (χ2n) is 10.2. The third-order valence-electron chi connectivity index (χ3n) is 7.21. The Morgan fingerprint density at radius 3 is 1.26 bits per heavy atom. The predicted octanol–water partition coefficient (Wildman–Crippen LogP) is 6.04. The van der Waals surface area contributed by atoms with Gasteiger partial charge in [0, 0.05) is 21.2 Å². The lowest BCUT2D eigenvalue weighted by Crippen LogP contribution is -2.61. The summed E-state index contributed by atoms with van der Waals surface area (Å²) in [5.41, 5.74) is 0. The summed E-state index contributed by atoms with van der Waals surface area (Å²) in [7, 11) is -2.77. The van der Waals surface area contributed by atoms with Gasteiger partial charge in [-0.15, -0.1) is 0 Å². The zero-order valence-corrected chi connectivity index (χ0v) is 27.7. The van der Waals surface area contributed by atoms with Gasteiger partial charge in [-0.25, -0.2) is 0 Å². The Morgan fingerprint density at radius 1 is 0.543 bits per heavy atom. The van der Waals surface area contributed by atoms with E-state index in [1.54, 1.807) is 0 Å². The lowest BCUT2D eigenvalue weighted by molar-refractivity contribution is -0.264. The molecule has 0 saturated carbocycles. The lowest BCUT2D eigenvalue weighted by atomic mass is 9.99. The third kappa shape index (κ3) is 8.47. The molecule has 6 rings (SSSR count). The molecule has 5 aromatic carbocycles. The smallest absolute Gasteiger partial charge is 0.229 e. The SMILES string of the molecule is CC.OCC1OC(Oc2ccccc2)C(OP(c2ccccc2)c2ccccc2)C(OP(c2ccccc2)c2ccccc2)C1O. The van der Waals surface area contributed by atoms with Crippen molar-refractivity contribution in [2.45, 2.75) is 44.6 Å². The van der Waals surface area contributed by atoms with Crippen LogP contribution in [0.3, 0.4) is 0 Å². The van der Waals surface area contributed by atoms with Crippen LogP contribution in [0, 0.1) is 0 Å². The fraction of sp³-hybridized carbons (Fsp3) is 0.211. The van der Waals surface area contributed by atoms with Gasteiger partial charge in [-0.3, -0.25) is 0 Å². The Kier molecular flexibility index (Phi) is 12.9. The molecule has 0 aliphatic carbocycles. The van der Waals surface area contributed by atoms with Crippen LogP contribution in [0.5, 0.6) is 5.75 Å². The number of aliphatic hydroxyl groups excluding tert-OH is 2. The van der Waals surface area contributed by atoms with Gasteiger partial charge in [-0.1, -0.05) is 153 Å². The number of aliphatic hydroxyl groups is 2. The normalized spacial score (nSPS) is 21.0. The number of para-hydroxylation sites is 1. The van der Waals surface area contributed by atoms with Crippen molar-refractivity contribution in [1.82, 2.24) is 0 Å². The van der Waals surface area contributed by atoms with E-state index >= 15 is 0 Å². The molecule has 5 unspecified atom stereocenters. The van der Waals surface area contributed by atoms with E-state index in [-0.39, 0.29) is 0 Å². The van der Waals surface area contributed by atoms with E-state index in [1.807, 2.05) is 166 Å². The molecule has 2 N–H and O–H groups in total. The van der Waals surface area contributed by atoms with Crippen LogP contribution in [0.1, 0.15) is 13.8 Å². The quantitative estimate of drug-likeness (QED) is 0.169. The van der Waals surface area contributed by atoms with E-state index in [0.29, 0.717) is 5.75 Å². The average molecular weight is 655 g/mol. The monoisotopic (exact) mass is 654 g/mol. The van der Waals surface area contributed by atoms with Crippen molar-refractivity contribution in [3.63, 3.8) is 0 Å². The van der Waals surface area contributed by atoms with E-state index in [0.717, 1.165) is 21.2 Å². The summed E-state index contributed by atoms with van der Waals surface area (Å²) in [5.74, 6) is 0.579. The maximum atomic E-state index is 11.8. The highest BCUT2D eigenvalue weighted by atomic mass is 31.1. The van der Waals surface area contributed by atoms with E-state index in [9.17, 15) is 10.2 Å². The van der Waals surface area contributed by atoms with E-state index in [4.69, 9.17) is 18.5 Å². The standard InChI is InChI=1S/C36H34O6P2.C2H6/c37-26-32-33(38)34(41-43(28-18-8-2-9-19-28)29-20-10-3-11-21-29)35(36(40-32)39-27-16-6-1-7-17-27)42-44(30-22-12-4-13-23-30)31-24-14-5-15-25-31;1-2/h1-25,32-38H,26H2;1-2H3. The molecule has 0 amide bonds. The number of rotatable bonds is 11. The van der Waals surface area contributed by atoms with Gasteiger partial charge in [0.2, 0.25) is 6.29 Å². The van der Waals surface area contributed by atoms with Crippen LogP contribution in [0.2, 0.25) is 0 Å². The van der Waals surface area contributed by atoms with Gasteiger partial charge in [-0.2, -0.15) is 0 Å². The molecule has 46 heavy (non-hydrogen) atoms. The second kappa shape index (κ2) is 17.5. The minimum atomic E-state index is -1.39. The zero-order valence-electron chi connectivity index (χ0n) is 25.9. The molecular weight excluding hydrogens is 614 g/mol. The highest BCUT2D eigenvalue weighted by Crippen LogP contribution is 2.45. The van der Waals surface area contributed by atoms with Gasteiger partial charge in [0.05, 0.1) is 22.9 Å². The summed E-state index contributed by atoms with van der Waals surface area (Å²) in [6, 6.07) is 49.4. The molecule has 5 atom stereocenters. The number of benzene rings is 5. The Morgan fingerprint density at radius 2 is 0.891 bits per heavy atom. The average Bonchev–Trinajstić information content (AvgIpc) is 3.14. The molecule has 1 aliphatic heterocycles. The van der Waals surface area contributed by atoms with E-state index in [1.165, 1.54) is 0 Å². The van der Waals surface area contributed by atoms with Crippen LogP contribution in [-0.4, -0.2) is 47.5 Å². The van der Waals surface area contributed by atoms with E-state index < -0.39 is 53.6 Å². The highest BCUT2D eigenvalue weighted by Gasteiger charge is 2.50. The van der Waals surface area contributed by atoms with E-state index in [2.05, 4.69) is 0 Å². The molecular formula is C38H40O6P2. The predicted molar refractivity (Wildman–Crippen MR) is 188 cm³/mol. The first kappa shape index (κ1) is 33.9. The minimum absolute atomic E-state index is 0.414. The molecule has 0 radical (unpaired) electrons. The number of hydrogen-bond donors (Lipinski definition) is 2. The van der Waals surface area contributed by atoms with Gasteiger partial charge in [0.1, 0.15) is 24.1 Å². The van der Waals surface area contributed by atoms with Crippen LogP contribution >= 0.6 is 16.3 Å². The molecule has 0 bridgehead atoms. The van der Waals surface area contributed by atoms with Gasteiger partial charge < -0.3 is 28.7 Å². The van der Waals surface area contributed by atoms with Crippen LogP contribution < -0.4 is 26.0 Å². The first-order valence-electron chi connectivity index (χ1n) is 15.5. The summed E-state index contributed by atoms with van der Waals surface area (Å²) in [6.45, 7) is 3.59. The molecule has 238 valence electrons. The van der Waals surface area contributed by atoms with Gasteiger partial charge in [-0.05, 0) is 12.1 Å². The van der Waals surface area contributed by atoms with Crippen molar-refractivity contribution in [3.05, 3.63) is 152 Å². The lowest BCUT2D eigenvalue weighted by Gasteiger charge is -2.45. The van der Waals surface area contributed by atoms with Gasteiger partial charge in [0.15, 0.2) is 6.10 Å². The summed E-state index contributed by atoms with van der Waals surface area (Å²) in [5, 5.41) is 26.0. The van der Waals surface area contributed by atoms with Crippen molar-refractivity contribution in [1.29, 1.82) is 0 Å². The molecule has 0 aromatic heterocycles. The van der Waals surface area contributed by atoms with Gasteiger partial charge >= 0.3 is 0 Å². The first-order chi connectivity index (χ1) is 22.7. The van der Waals surface area contributed by atoms with Crippen LogP contribution in [0.4, 0.5) is 0 Å². The molecule has 6 nitrogen and oxygen atoms in total. The first-order valence-corrected chi connectivity index (χ1v) is 18.0. The maximum absolute atomic E-state index is 11.8. The third-order valence-corrected chi connectivity index (χ3v) is 11.2. The van der Waals surface area contributed by atoms with Crippen LogP contribution in [0.25, 0.3) is 0 Å². The van der Waals surface area contributed by atoms with Gasteiger partial charge in [0.25, 0.3) is 0 Å². The fourth-order valence-corrected chi connectivity index (χ4v) is 8.85. The van der Waals surface area contributed by atoms with Crippen molar-refractivity contribution >= 4 is 37.5 Å². The maximum Gasteiger partial charge on any atom is 0.229 e. The highest BCUT2D eigenvalue weighted by molar-refractivity contribution is 7.69. The molecule has 1 saturated heterocycles. The molecule has 1 heterocycles. The summed E-state index contributed by atoms with van der Waals surface area (Å²) >= 11 is 0. The summed E-state index contributed by atoms with van der Waals surface area (Å²) < 4.78 is 26.7. The van der Waals surface area contributed by atoms with Crippen molar-refractivity contribution < 1.29 is 28.7 Å².